The highest BCUT2D eigenvalue weighted by molar-refractivity contribution is 5.35. The van der Waals surface area contributed by atoms with Gasteiger partial charge in [0.2, 0.25) is 5.95 Å². The van der Waals surface area contributed by atoms with E-state index < -0.39 is 0 Å². The zero-order valence-electron chi connectivity index (χ0n) is 5.84. The molecule has 0 aliphatic heterocycles. The van der Waals surface area contributed by atoms with Crippen LogP contribution in [-0.4, -0.2) is 24.2 Å². The van der Waals surface area contributed by atoms with Crippen LogP contribution in [0.1, 0.15) is 0 Å². The molecule has 5 heteroatoms. The summed E-state index contributed by atoms with van der Waals surface area (Å²) in [6, 6.07) is 0. The Balaban J connectivity index is 2.96. The molecule has 3 N–H and O–H groups in total. The Bertz CT molecular complexity index is 199. The summed E-state index contributed by atoms with van der Waals surface area (Å²) in [6.07, 6.45) is 0. The lowest BCUT2D eigenvalue weighted by Crippen LogP contribution is -1.87. The normalized spacial score (nSPS) is 9.40. The van der Waals surface area contributed by atoms with Gasteiger partial charge in [0.15, 0.2) is 0 Å². The standard InChI is InChI=1S/C5H9N3O2/c1-9-3-4(10-2)8-5(6)7-3/h1-2H3,(H3,6,7,8). The van der Waals surface area contributed by atoms with Gasteiger partial charge in [-0.2, -0.15) is 4.98 Å². The van der Waals surface area contributed by atoms with E-state index in [0.717, 1.165) is 0 Å². The zero-order chi connectivity index (χ0) is 7.56. The molecule has 1 rings (SSSR count). The fraction of sp³-hybridized carbons (Fsp3) is 0.400. The number of methoxy groups -OCH3 is 2. The molecule has 0 atom stereocenters. The van der Waals surface area contributed by atoms with Gasteiger partial charge in [-0.25, -0.2) is 0 Å². The summed E-state index contributed by atoms with van der Waals surface area (Å²) >= 11 is 0. The molecule has 0 spiro atoms. The molecule has 1 aromatic rings. The molecule has 1 heterocycles. The van der Waals surface area contributed by atoms with Gasteiger partial charge >= 0.3 is 0 Å². The van der Waals surface area contributed by atoms with Gasteiger partial charge < -0.3 is 15.2 Å². The smallest absolute Gasteiger partial charge is 0.279 e. The van der Waals surface area contributed by atoms with E-state index in [2.05, 4.69) is 9.97 Å². The van der Waals surface area contributed by atoms with Crippen LogP contribution >= 0.6 is 0 Å². The Morgan fingerprint density at radius 1 is 1.40 bits per heavy atom. The molecule has 1 aromatic heterocycles. The van der Waals surface area contributed by atoms with Gasteiger partial charge in [0, 0.05) is 0 Å². The number of nitrogens with one attached hydrogen (secondary N) is 1. The third-order valence-electron chi connectivity index (χ3n) is 1.06. The molecular formula is C5H9N3O2. The number of aromatic nitrogens is 2. The van der Waals surface area contributed by atoms with E-state index in [1.807, 2.05) is 0 Å². The largest absolute Gasteiger partial charge is 0.478 e. The maximum absolute atomic E-state index is 5.30. The van der Waals surface area contributed by atoms with Gasteiger partial charge in [-0.3, -0.25) is 4.98 Å². The summed E-state index contributed by atoms with van der Waals surface area (Å²) in [7, 11) is 3.01. The zero-order valence-corrected chi connectivity index (χ0v) is 5.84. The molecule has 0 saturated carbocycles. The van der Waals surface area contributed by atoms with Gasteiger partial charge in [0.1, 0.15) is 0 Å². The minimum atomic E-state index is 0.286. The summed E-state index contributed by atoms with van der Waals surface area (Å²) < 4.78 is 9.64. The number of rotatable bonds is 2. The third-order valence-corrected chi connectivity index (χ3v) is 1.06. The predicted octanol–water partition coefficient (Wildman–Crippen LogP) is 0.00910. The Kier molecular flexibility index (Phi) is 1.66. The van der Waals surface area contributed by atoms with E-state index in [1.54, 1.807) is 0 Å². The van der Waals surface area contributed by atoms with E-state index in [1.165, 1.54) is 14.2 Å². The Morgan fingerprint density at radius 2 is 2.10 bits per heavy atom. The minimum absolute atomic E-state index is 0.286. The first kappa shape index (κ1) is 6.73. The second-order valence-electron chi connectivity index (χ2n) is 1.66. The molecule has 0 aromatic carbocycles. The number of anilines is 1. The highest BCUT2D eigenvalue weighted by Crippen LogP contribution is 2.22. The average Bonchev–Trinajstić information content (AvgIpc) is 2.30. The molecule has 0 amide bonds. The number of nitrogen functional groups attached to an aromatic ring is 1. The maximum Gasteiger partial charge on any atom is 0.279 e. The number of H-pyrrole nitrogens is 1. The first-order valence-electron chi connectivity index (χ1n) is 2.71. The first-order chi connectivity index (χ1) is 4.77. The number of nitrogens with zero attached hydrogens (tertiary/aromatic N) is 1. The Hall–Kier alpha value is -1.39. The maximum atomic E-state index is 5.30. The van der Waals surface area contributed by atoms with Crippen LogP contribution in [0, 0.1) is 0 Å². The SMILES string of the molecule is COc1nc(N)[nH]c1OC. The number of aromatic amines is 1. The van der Waals surface area contributed by atoms with Crippen molar-refractivity contribution in [1.82, 2.24) is 9.97 Å². The Morgan fingerprint density at radius 3 is 2.50 bits per heavy atom. The van der Waals surface area contributed by atoms with Crippen LogP contribution in [0.15, 0.2) is 0 Å². The average molecular weight is 143 g/mol. The van der Waals surface area contributed by atoms with Crippen LogP contribution in [0.3, 0.4) is 0 Å². The number of ether oxygens (including phenoxy) is 2. The summed E-state index contributed by atoms with van der Waals surface area (Å²) in [6.45, 7) is 0. The van der Waals surface area contributed by atoms with Crippen LogP contribution in [0.4, 0.5) is 5.95 Å². The van der Waals surface area contributed by atoms with Crippen LogP contribution in [0.2, 0.25) is 0 Å². The van der Waals surface area contributed by atoms with E-state index >= 15 is 0 Å². The van der Waals surface area contributed by atoms with Gasteiger partial charge in [0.25, 0.3) is 11.8 Å². The van der Waals surface area contributed by atoms with Crippen molar-refractivity contribution in [3.05, 3.63) is 0 Å². The number of hydrogen-bond donors (Lipinski definition) is 2. The molecule has 0 aliphatic rings. The van der Waals surface area contributed by atoms with Crippen LogP contribution in [0.25, 0.3) is 0 Å². The third kappa shape index (κ3) is 0.975. The van der Waals surface area contributed by atoms with Crippen LogP contribution < -0.4 is 15.2 Å². The number of imidazole rings is 1. The Labute approximate surface area is 58.2 Å². The number of nitrogens with two attached hydrogens (primary N) is 1. The van der Waals surface area contributed by atoms with Gasteiger partial charge in [0.05, 0.1) is 14.2 Å². The van der Waals surface area contributed by atoms with Crippen molar-refractivity contribution in [2.45, 2.75) is 0 Å². The second-order valence-corrected chi connectivity index (χ2v) is 1.66. The molecule has 5 nitrogen and oxygen atoms in total. The summed E-state index contributed by atoms with van der Waals surface area (Å²) in [4.78, 5) is 6.44. The fourth-order valence-corrected chi connectivity index (χ4v) is 0.635. The van der Waals surface area contributed by atoms with E-state index in [0.29, 0.717) is 11.8 Å². The van der Waals surface area contributed by atoms with Gasteiger partial charge in [-0.15, -0.1) is 0 Å². The lowest BCUT2D eigenvalue weighted by molar-refractivity contribution is 0.340. The summed E-state index contributed by atoms with van der Waals surface area (Å²) in [5.74, 6) is 1.11. The van der Waals surface area contributed by atoms with Crippen molar-refractivity contribution >= 4 is 5.95 Å². The van der Waals surface area contributed by atoms with Crippen molar-refractivity contribution < 1.29 is 9.47 Å². The lowest BCUT2D eigenvalue weighted by atomic mass is 10.8. The van der Waals surface area contributed by atoms with Crippen molar-refractivity contribution in [3.63, 3.8) is 0 Å². The van der Waals surface area contributed by atoms with Crippen molar-refractivity contribution in [2.75, 3.05) is 20.0 Å². The summed E-state index contributed by atoms with van der Waals surface area (Å²) in [5.41, 5.74) is 5.30. The van der Waals surface area contributed by atoms with Crippen molar-refractivity contribution in [1.29, 1.82) is 0 Å². The topological polar surface area (TPSA) is 73.2 Å². The first-order valence-corrected chi connectivity index (χ1v) is 2.71. The molecule has 56 valence electrons. The molecule has 0 fully saturated rings. The van der Waals surface area contributed by atoms with E-state index in [9.17, 15) is 0 Å². The minimum Gasteiger partial charge on any atom is -0.478 e. The van der Waals surface area contributed by atoms with Crippen molar-refractivity contribution in [2.24, 2.45) is 0 Å². The van der Waals surface area contributed by atoms with Crippen molar-refractivity contribution in [3.8, 4) is 11.8 Å². The highest BCUT2D eigenvalue weighted by atomic mass is 16.5. The molecule has 0 bridgehead atoms. The second kappa shape index (κ2) is 2.47. The van der Waals surface area contributed by atoms with Crippen LogP contribution in [-0.2, 0) is 0 Å². The van der Waals surface area contributed by atoms with Gasteiger partial charge in [-0.05, 0) is 0 Å². The molecule has 10 heavy (non-hydrogen) atoms. The molecule has 0 aliphatic carbocycles. The van der Waals surface area contributed by atoms with Crippen LogP contribution in [0.5, 0.6) is 11.8 Å². The molecule has 0 saturated heterocycles. The van der Waals surface area contributed by atoms with Gasteiger partial charge in [-0.1, -0.05) is 0 Å². The monoisotopic (exact) mass is 143 g/mol. The fourth-order valence-electron chi connectivity index (χ4n) is 0.635. The molecule has 0 radical (unpaired) electrons. The highest BCUT2D eigenvalue weighted by Gasteiger charge is 2.07. The molecule has 0 unspecified atom stereocenters. The molecular weight excluding hydrogens is 134 g/mol. The lowest BCUT2D eigenvalue weighted by Gasteiger charge is -1.95. The summed E-state index contributed by atoms with van der Waals surface area (Å²) in [5, 5.41) is 0. The van der Waals surface area contributed by atoms with E-state index in [4.69, 9.17) is 15.2 Å². The number of hydrogen-bond acceptors (Lipinski definition) is 4. The predicted molar refractivity (Wildman–Crippen MR) is 36.1 cm³/mol. The quantitative estimate of drug-likeness (QED) is 0.611. The van der Waals surface area contributed by atoms with E-state index in [-0.39, 0.29) is 5.95 Å².